The SMILES string of the molecule is C=CCn1c(SCC(=O)Nc2ccc(C#N)cc2)nnc1C(C)Oc1cccc(OC)c1. The van der Waals surface area contributed by atoms with Crippen LogP contribution in [0.2, 0.25) is 0 Å². The van der Waals surface area contributed by atoms with Gasteiger partial charge in [0.15, 0.2) is 17.1 Å². The predicted octanol–water partition coefficient (Wildman–Crippen LogP) is 4.22. The second-order valence-electron chi connectivity index (χ2n) is 6.71. The first-order chi connectivity index (χ1) is 15.5. The first-order valence-corrected chi connectivity index (χ1v) is 10.8. The molecule has 1 unspecified atom stereocenters. The summed E-state index contributed by atoms with van der Waals surface area (Å²) in [6, 6.07) is 16.1. The molecule has 1 aromatic heterocycles. The average molecular weight is 450 g/mol. The molecule has 1 heterocycles. The minimum Gasteiger partial charge on any atom is -0.497 e. The van der Waals surface area contributed by atoms with Crippen molar-refractivity contribution >= 4 is 23.4 Å². The highest BCUT2D eigenvalue weighted by Crippen LogP contribution is 2.27. The molecule has 1 atom stereocenters. The number of rotatable bonds is 10. The van der Waals surface area contributed by atoms with Gasteiger partial charge in [0.25, 0.3) is 0 Å². The molecule has 0 radical (unpaired) electrons. The summed E-state index contributed by atoms with van der Waals surface area (Å²) >= 11 is 1.27. The lowest BCUT2D eigenvalue weighted by molar-refractivity contribution is -0.113. The van der Waals surface area contributed by atoms with Crippen molar-refractivity contribution in [3.63, 3.8) is 0 Å². The molecule has 2 aromatic carbocycles. The fraction of sp³-hybridized carbons (Fsp3) is 0.217. The van der Waals surface area contributed by atoms with E-state index in [4.69, 9.17) is 14.7 Å². The number of nitrogens with one attached hydrogen (secondary N) is 1. The lowest BCUT2D eigenvalue weighted by atomic mass is 10.2. The maximum Gasteiger partial charge on any atom is 0.234 e. The van der Waals surface area contributed by atoms with E-state index in [-0.39, 0.29) is 17.8 Å². The van der Waals surface area contributed by atoms with E-state index in [1.165, 1.54) is 11.8 Å². The lowest BCUT2D eigenvalue weighted by Gasteiger charge is -2.16. The molecule has 8 nitrogen and oxygen atoms in total. The average Bonchev–Trinajstić information content (AvgIpc) is 3.21. The van der Waals surface area contributed by atoms with Crippen molar-refractivity contribution in [1.29, 1.82) is 5.26 Å². The Morgan fingerprint density at radius 2 is 2.03 bits per heavy atom. The maximum atomic E-state index is 12.3. The molecule has 1 amide bonds. The number of benzene rings is 2. The molecule has 3 aromatic rings. The van der Waals surface area contributed by atoms with Gasteiger partial charge in [-0.05, 0) is 43.3 Å². The quantitative estimate of drug-likeness (QED) is 0.365. The number of nitriles is 1. The number of hydrogen-bond donors (Lipinski definition) is 1. The van der Waals surface area contributed by atoms with Gasteiger partial charge in [-0.2, -0.15) is 5.26 Å². The van der Waals surface area contributed by atoms with Gasteiger partial charge in [0, 0.05) is 18.3 Å². The van der Waals surface area contributed by atoms with E-state index >= 15 is 0 Å². The fourth-order valence-corrected chi connectivity index (χ4v) is 3.65. The van der Waals surface area contributed by atoms with Crippen LogP contribution in [0.3, 0.4) is 0 Å². The van der Waals surface area contributed by atoms with E-state index in [0.29, 0.717) is 40.3 Å². The van der Waals surface area contributed by atoms with E-state index in [9.17, 15) is 4.79 Å². The molecule has 0 saturated carbocycles. The third-order valence-corrected chi connectivity index (χ3v) is 5.37. The van der Waals surface area contributed by atoms with Crippen LogP contribution in [-0.4, -0.2) is 33.5 Å². The zero-order chi connectivity index (χ0) is 22.9. The van der Waals surface area contributed by atoms with Gasteiger partial charge in [-0.15, -0.1) is 16.8 Å². The van der Waals surface area contributed by atoms with E-state index in [1.54, 1.807) is 43.5 Å². The van der Waals surface area contributed by atoms with Crippen LogP contribution in [-0.2, 0) is 11.3 Å². The normalized spacial score (nSPS) is 11.3. The summed E-state index contributed by atoms with van der Waals surface area (Å²) in [4.78, 5) is 12.3. The molecule has 0 aliphatic carbocycles. The van der Waals surface area contributed by atoms with Crippen LogP contribution >= 0.6 is 11.8 Å². The zero-order valence-electron chi connectivity index (χ0n) is 17.8. The number of thioether (sulfide) groups is 1. The second-order valence-corrected chi connectivity index (χ2v) is 7.65. The molecule has 1 N–H and O–H groups in total. The zero-order valence-corrected chi connectivity index (χ0v) is 18.6. The van der Waals surface area contributed by atoms with Crippen LogP contribution in [0.4, 0.5) is 5.69 Å². The van der Waals surface area contributed by atoms with Gasteiger partial charge in [0.2, 0.25) is 5.91 Å². The van der Waals surface area contributed by atoms with E-state index in [2.05, 4.69) is 22.1 Å². The van der Waals surface area contributed by atoms with Crippen molar-refractivity contribution in [3.8, 4) is 17.6 Å². The third kappa shape index (κ3) is 5.89. The van der Waals surface area contributed by atoms with Gasteiger partial charge in [-0.3, -0.25) is 9.36 Å². The number of carbonyl (C=O) groups is 1. The molecule has 164 valence electrons. The Labute approximate surface area is 190 Å². The highest BCUT2D eigenvalue weighted by Gasteiger charge is 2.20. The minimum atomic E-state index is -0.378. The van der Waals surface area contributed by atoms with Crippen molar-refractivity contribution in [1.82, 2.24) is 14.8 Å². The number of nitrogens with zero attached hydrogens (tertiary/aromatic N) is 4. The lowest BCUT2D eigenvalue weighted by Crippen LogP contribution is -2.15. The Bertz CT molecular complexity index is 1120. The van der Waals surface area contributed by atoms with Crippen molar-refractivity contribution < 1.29 is 14.3 Å². The number of ether oxygens (including phenoxy) is 2. The van der Waals surface area contributed by atoms with Crippen LogP contribution in [0.5, 0.6) is 11.5 Å². The summed E-state index contributed by atoms with van der Waals surface area (Å²) in [5.74, 6) is 1.95. The molecule has 0 fully saturated rings. The summed E-state index contributed by atoms with van der Waals surface area (Å²) in [5.41, 5.74) is 1.16. The number of carbonyl (C=O) groups excluding carboxylic acids is 1. The van der Waals surface area contributed by atoms with E-state index in [1.807, 2.05) is 35.8 Å². The van der Waals surface area contributed by atoms with Gasteiger partial charge in [0.05, 0.1) is 24.5 Å². The number of methoxy groups -OCH3 is 1. The molecule has 0 spiro atoms. The summed E-state index contributed by atoms with van der Waals surface area (Å²) in [5, 5.41) is 20.8. The van der Waals surface area contributed by atoms with Gasteiger partial charge < -0.3 is 14.8 Å². The number of hydrogen-bond acceptors (Lipinski definition) is 7. The molecular formula is C23H23N5O3S. The van der Waals surface area contributed by atoms with Crippen LogP contribution in [0.25, 0.3) is 0 Å². The van der Waals surface area contributed by atoms with E-state index < -0.39 is 0 Å². The van der Waals surface area contributed by atoms with Gasteiger partial charge >= 0.3 is 0 Å². The largest absolute Gasteiger partial charge is 0.497 e. The van der Waals surface area contributed by atoms with Gasteiger partial charge in [0.1, 0.15) is 11.5 Å². The first-order valence-electron chi connectivity index (χ1n) is 9.81. The highest BCUT2D eigenvalue weighted by atomic mass is 32.2. The molecule has 0 aliphatic heterocycles. The van der Waals surface area contributed by atoms with Crippen LogP contribution < -0.4 is 14.8 Å². The van der Waals surface area contributed by atoms with Crippen molar-refractivity contribution in [2.24, 2.45) is 0 Å². The van der Waals surface area contributed by atoms with E-state index in [0.717, 1.165) is 0 Å². The van der Waals surface area contributed by atoms with Crippen molar-refractivity contribution in [2.45, 2.75) is 24.7 Å². The predicted molar refractivity (Wildman–Crippen MR) is 123 cm³/mol. The fourth-order valence-electron chi connectivity index (χ4n) is 2.89. The summed E-state index contributed by atoms with van der Waals surface area (Å²) in [6.07, 6.45) is 1.36. The number of anilines is 1. The molecule has 32 heavy (non-hydrogen) atoms. The van der Waals surface area contributed by atoms with Crippen molar-refractivity contribution in [2.75, 3.05) is 18.2 Å². The molecule has 3 rings (SSSR count). The molecule has 9 heteroatoms. The van der Waals surface area contributed by atoms with Gasteiger partial charge in [-0.1, -0.05) is 23.9 Å². The molecule has 0 aliphatic rings. The molecule has 0 bridgehead atoms. The molecular weight excluding hydrogens is 426 g/mol. The van der Waals surface area contributed by atoms with Crippen LogP contribution in [0, 0.1) is 11.3 Å². The Kier molecular flexibility index (Phi) is 7.89. The monoisotopic (exact) mass is 449 g/mol. The summed E-state index contributed by atoms with van der Waals surface area (Å²) in [6.45, 7) is 6.17. The smallest absolute Gasteiger partial charge is 0.234 e. The Hall–Kier alpha value is -3.77. The van der Waals surface area contributed by atoms with Crippen LogP contribution in [0.15, 0.2) is 66.3 Å². The minimum absolute atomic E-state index is 0.153. The third-order valence-electron chi connectivity index (χ3n) is 4.40. The Balaban J connectivity index is 1.66. The standard InChI is InChI=1S/C23H23N5O3S/c1-4-12-28-22(16(2)31-20-7-5-6-19(13-20)30-3)26-27-23(28)32-15-21(29)25-18-10-8-17(14-24)9-11-18/h4-11,13,16H,1,12,15H2,2-3H3,(H,25,29). The number of amides is 1. The summed E-state index contributed by atoms with van der Waals surface area (Å²) < 4.78 is 13.1. The number of allylic oxidation sites excluding steroid dienone is 1. The van der Waals surface area contributed by atoms with Crippen LogP contribution in [0.1, 0.15) is 24.4 Å². The topological polar surface area (TPSA) is 102 Å². The second kappa shape index (κ2) is 11.0. The maximum absolute atomic E-state index is 12.3. The van der Waals surface area contributed by atoms with Gasteiger partial charge in [-0.25, -0.2) is 0 Å². The first kappa shape index (κ1) is 22.9. The molecule has 0 saturated heterocycles. The Morgan fingerprint density at radius 3 is 2.72 bits per heavy atom. The highest BCUT2D eigenvalue weighted by molar-refractivity contribution is 7.99. The van der Waals surface area contributed by atoms with Crippen molar-refractivity contribution in [3.05, 3.63) is 72.6 Å². The summed E-state index contributed by atoms with van der Waals surface area (Å²) in [7, 11) is 1.60. The Morgan fingerprint density at radius 1 is 1.28 bits per heavy atom. The number of aromatic nitrogens is 3.